The van der Waals surface area contributed by atoms with Gasteiger partial charge in [-0.1, -0.05) is 19.8 Å². The zero-order valence-electron chi connectivity index (χ0n) is 12.7. The van der Waals surface area contributed by atoms with Crippen molar-refractivity contribution in [3.63, 3.8) is 0 Å². The number of anilines is 2. The monoisotopic (exact) mass is 284 g/mol. The number of benzene rings is 1. The zero-order valence-corrected chi connectivity index (χ0v) is 12.7. The fourth-order valence-electron chi connectivity index (χ4n) is 3.39. The van der Waals surface area contributed by atoms with Gasteiger partial charge in [-0.2, -0.15) is 0 Å². The van der Waals surface area contributed by atoms with E-state index in [0.29, 0.717) is 6.04 Å². The van der Waals surface area contributed by atoms with Crippen LogP contribution in [0.1, 0.15) is 45.4 Å². The van der Waals surface area contributed by atoms with Gasteiger partial charge in [0.25, 0.3) is 0 Å². The number of rotatable bonds is 4. The van der Waals surface area contributed by atoms with E-state index in [1.165, 1.54) is 38.5 Å². The second-order valence-corrected chi connectivity index (χ2v) is 6.15. The number of fused-ring (bicyclic) bond motifs is 1. The molecule has 112 valence electrons. The second kappa shape index (κ2) is 6.29. The molecule has 1 heterocycles. The van der Waals surface area contributed by atoms with E-state index < -0.39 is 0 Å². The molecule has 4 heteroatoms. The summed E-state index contributed by atoms with van der Waals surface area (Å²) in [6, 6.07) is 6.36. The zero-order chi connectivity index (χ0) is 14.7. The van der Waals surface area contributed by atoms with E-state index in [2.05, 4.69) is 22.2 Å². The minimum atomic E-state index is 0.536. The summed E-state index contributed by atoms with van der Waals surface area (Å²) in [5.41, 5.74) is 7.47. The first-order chi connectivity index (χ1) is 10.3. The first-order valence-electron chi connectivity index (χ1n) is 8.03. The Balaban J connectivity index is 1.71. The van der Waals surface area contributed by atoms with E-state index in [1.807, 2.05) is 18.2 Å². The molecule has 1 aromatic carbocycles. The highest BCUT2D eigenvalue weighted by atomic mass is 15.0. The maximum Gasteiger partial charge on any atom is 0.137 e. The molecule has 21 heavy (non-hydrogen) atoms. The van der Waals surface area contributed by atoms with E-state index in [-0.39, 0.29) is 0 Å². The molecule has 1 aromatic heterocycles. The highest BCUT2D eigenvalue weighted by molar-refractivity contribution is 5.90. The third kappa shape index (κ3) is 3.26. The molecule has 0 radical (unpaired) electrons. The molecule has 0 spiro atoms. The number of aromatic nitrogens is 2. The Morgan fingerprint density at radius 3 is 2.76 bits per heavy atom. The minimum Gasteiger partial charge on any atom is -0.399 e. The minimum absolute atomic E-state index is 0.536. The molecule has 1 saturated carbocycles. The maximum atomic E-state index is 5.82. The molecule has 1 fully saturated rings. The van der Waals surface area contributed by atoms with Crippen LogP contribution < -0.4 is 11.1 Å². The van der Waals surface area contributed by atoms with Crippen molar-refractivity contribution in [1.82, 2.24) is 9.97 Å². The standard InChI is InChI=1S/C17H24N4/c1-2-3-12-4-7-14(8-5-12)21-17-15-9-6-13(18)10-16(15)19-11-20-17/h6,9-12,14H,2-5,7-8,18H2,1H3,(H,19,20,21). The highest BCUT2D eigenvalue weighted by Gasteiger charge is 2.21. The molecule has 0 amide bonds. The van der Waals surface area contributed by atoms with Gasteiger partial charge in [0.1, 0.15) is 12.1 Å². The smallest absolute Gasteiger partial charge is 0.137 e. The summed E-state index contributed by atoms with van der Waals surface area (Å²) < 4.78 is 0. The van der Waals surface area contributed by atoms with Gasteiger partial charge in [0.2, 0.25) is 0 Å². The lowest BCUT2D eigenvalue weighted by molar-refractivity contribution is 0.318. The van der Waals surface area contributed by atoms with E-state index in [9.17, 15) is 0 Å². The van der Waals surface area contributed by atoms with Gasteiger partial charge in [-0.15, -0.1) is 0 Å². The van der Waals surface area contributed by atoms with Crippen LogP contribution >= 0.6 is 0 Å². The van der Waals surface area contributed by atoms with Crippen LogP contribution in [0.2, 0.25) is 0 Å². The Labute approximate surface area is 126 Å². The van der Waals surface area contributed by atoms with Crippen LogP contribution in [-0.4, -0.2) is 16.0 Å². The fourth-order valence-corrected chi connectivity index (χ4v) is 3.39. The molecule has 0 unspecified atom stereocenters. The summed E-state index contributed by atoms with van der Waals surface area (Å²) >= 11 is 0. The number of nitrogen functional groups attached to an aromatic ring is 1. The lowest BCUT2D eigenvalue weighted by atomic mass is 9.83. The summed E-state index contributed by atoms with van der Waals surface area (Å²) in [6.07, 6.45) is 9.45. The van der Waals surface area contributed by atoms with Gasteiger partial charge in [-0.25, -0.2) is 9.97 Å². The van der Waals surface area contributed by atoms with Gasteiger partial charge in [0, 0.05) is 17.1 Å². The quantitative estimate of drug-likeness (QED) is 0.833. The van der Waals surface area contributed by atoms with Crippen LogP contribution in [-0.2, 0) is 0 Å². The van der Waals surface area contributed by atoms with Crippen LogP contribution in [0, 0.1) is 5.92 Å². The van der Waals surface area contributed by atoms with Crippen LogP contribution in [0.3, 0.4) is 0 Å². The van der Waals surface area contributed by atoms with Crippen molar-refractivity contribution in [3.05, 3.63) is 24.5 Å². The van der Waals surface area contributed by atoms with E-state index in [4.69, 9.17) is 5.73 Å². The first-order valence-corrected chi connectivity index (χ1v) is 8.03. The predicted octanol–water partition coefficient (Wildman–Crippen LogP) is 3.98. The van der Waals surface area contributed by atoms with Gasteiger partial charge in [0.15, 0.2) is 0 Å². The van der Waals surface area contributed by atoms with Crippen molar-refractivity contribution in [1.29, 1.82) is 0 Å². The number of nitrogens with zero attached hydrogens (tertiary/aromatic N) is 2. The molecular weight excluding hydrogens is 260 g/mol. The van der Waals surface area contributed by atoms with Gasteiger partial charge in [0.05, 0.1) is 5.52 Å². The third-order valence-electron chi connectivity index (χ3n) is 4.55. The van der Waals surface area contributed by atoms with Crippen molar-refractivity contribution < 1.29 is 0 Å². The fraction of sp³-hybridized carbons (Fsp3) is 0.529. The van der Waals surface area contributed by atoms with Crippen LogP contribution in [0.4, 0.5) is 11.5 Å². The summed E-state index contributed by atoms with van der Waals surface area (Å²) in [5, 5.41) is 4.67. The number of nitrogens with one attached hydrogen (secondary N) is 1. The predicted molar refractivity (Wildman–Crippen MR) is 88.2 cm³/mol. The Morgan fingerprint density at radius 1 is 1.19 bits per heavy atom. The molecule has 0 saturated heterocycles. The molecule has 1 aliphatic rings. The van der Waals surface area contributed by atoms with Crippen molar-refractivity contribution in [2.45, 2.75) is 51.5 Å². The molecular formula is C17H24N4. The maximum absolute atomic E-state index is 5.82. The Kier molecular flexibility index (Phi) is 4.23. The second-order valence-electron chi connectivity index (χ2n) is 6.15. The Hall–Kier alpha value is -1.84. The lowest BCUT2D eigenvalue weighted by Crippen LogP contribution is -2.26. The van der Waals surface area contributed by atoms with Gasteiger partial charge < -0.3 is 11.1 Å². The molecule has 3 N–H and O–H groups in total. The average Bonchev–Trinajstić information content (AvgIpc) is 2.49. The van der Waals surface area contributed by atoms with Crippen molar-refractivity contribution in [2.75, 3.05) is 11.1 Å². The molecule has 2 aromatic rings. The van der Waals surface area contributed by atoms with E-state index in [0.717, 1.165) is 28.3 Å². The van der Waals surface area contributed by atoms with Crippen LogP contribution in [0.15, 0.2) is 24.5 Å². The molecule has 1 aliphatic carbocycles. The lowest BCUT2D eigenvalue weighted by Gasteiger charge is -2.29. The van der Waals surface area contributed by atoms with Crippen molar-refractivity contribution in [2.24, 2.45) is 5.92 Å². The molecule has 4 nitrogen and oxygen atoms in total. The van der Waals surface area contributed by atoms with Gasteiger partial charge in [-0.3, -0.25) is 0 Å². The highest BCUT2D eigenvalue weighted by Crippen LogP contribution is 2.30. The van der Waals surface area contributed by atoms with E-state index in [1.54, 1.807) is 6.33 Å². The van der Waals surface area contributed by atoms with Gasteiger partial charge in [-0.05, 0) is 49.8 Å². The molecule has 0 atom stereocenters. The van der Waals surface area contributed by atoms with Crippen LogP contribution in [0.5, 0.6) is 0 Å². The first kappa shape index (κ1) is 14.1. The number of hydrogen-bond acceptors (Lipinski definition) is 4. The van der Waals surface area contributed by atoms with Gasteiger partial charge >= 0.3 is 0 Å². The van der Waals surface area contributed by atoms with E-state index >= 15 is 0 Å². The topological polar surface area (TPSA) is 63.8 Å². The molecule has 3 rings (SSSR count). The average molecular weight is 284 g/mol. The Bertz CT molecular complexity index is 603. The SMILES string of the molecule is CCCC1CCC(Nc2ncnc3cc(N)ccc23)CC1. The largest absolute Gasteiger partial charge is 0.399 e. The third-order valence-corrected chi connectivity index (χ3v) is 4.55. The van der Waals surface area contributed by atoms with Crippen molar-refractivity contribution in [3.8, 4) is 0 Å². The number of nitrogens with two attached hydrogens (primary N) is 1. The van der Waals surface area contributed by atoms with Crippen molar-refractivity contribution >= 4 is 22.4 Å². The molecule has 0 aliphatic heterocycles. The summed E-state index contributed by atoms with van der Waals surface area (Å²) in [4.78, 5) is 8.72. The summed E-state index contributed by atoms with van der Waals surface area (Å²) in [5.74, 6) is 1.87. The summed E-state index contributed by atoms with van der Waals surface area (Å²) in [6.45, 7) is 2.28. The Morgan fingerprint density at radius 2 is 2.00 bits per heavy atom. The number of hydrogen-bond donors (Lipinski definition) is 2. The normalized spacial score (nSPS) is 22.3. The van der Waals surface area contributed by atoms with Crippen LogP contribution in [0.25, 0.3) is 10.9 Å². The summed E-state index contributed by atoms with van der Waals surface area (Å²) in [7, 11) is 0. The molecule has 0 bridgehead atoms.